The molecule has 15 heavy (non-hydrogen) atoms. The minimum absolute atomic E-state index is 0.100. The molecule has 0 aliphatic carbocycles. The molecule has 0 radical (unpaired) electrons. The number of unbranched alkanes of at least 4 members (excludes halogenated alkanes) is 1. The van der Waals surface area contributed by atoms with Crippen LogP contribution in [0.5, 0.6) is 0 Å². The van der Waals surface area contributed by atoms with Crippen LogP contribution in [-0.4, -0.2) is 37.0 Å². The third-order valence-corrected chi connectivity index (χ3v) is 2.64. The Balaban J connectivity index is 3.36. The summed E-state index contributed by atoms with van der Waals surface area (Å²) in [6.45, 7) is 10.1. The Bertz CT molecular complexity index is 178. The first kappa shape index (κ1) is 14.4. The van der Waals surface area contributed by atoms with Gasteiger partial charge in [-0.3, -0.25) is 4.79 Å². The van der Waals surface area contributed by atoms with Gasteiger partial charge in [0, 0.05) is 18.5 Å². The first-order valence-electron chi connectivity index (χ1n) is 5.93. The summed E-state index contributed by atoms with van der Waals surface area (Å²) < 4.78 is 0. The summed E-state index contributed by atoms with van der Waals surface area (Å²) in [6, 6.07) is 0.607. The Hall–Kier alpha value is -0.570. The van der Waals surface area contributed by atoms with Crippen LogP contribution in [0.15, 0.2) is 0 Å². The summed E-state index contributed by atoms with van der Waals surface area (Å²) in [4.78, 5) is 13.6. The van der Waals surface area contributed by atoms with Gasteiger partial charge in [0.05, 0.1) is 0 Å². The molecular formula is C12H26N2O. The average molecular weight is 214 g/mol. The predicted molar refractivity (Wildman–Crippen MR) is 64.8 cm³/mol. The lowest BCUT2D eigenvalue weighted by atomic mass is 10.2. The van der Waals surface area contributed by atoms with Gasteiger partial charge in [0.15, 0.2) is 0 Å². The van der Waals surface area contributed by atoms with E-state index in [9.17, 15) is 4.79 Å². The van der Waals surface area contributed by atoms with Crippen molar-refractivity contribution in [2.45, 2.75) is 46.6 Å². The van der Waals surface area contributed by atoms with Crippen LogP contribution in [0.25, 0.3) is 0 Å². The molecule has 1 N–H and O–H groups in total. The fraction of sp³-hybridized carbons (Fsp3) is 0.917. The van der Waals surface area contributed by atoms with E-state index in [0.29, 0.717) is 6.04 Å². The molecule has 0 saturated heterocycles. The van der Waals surface area contributed by atoms with Gasteiger partial charge in [-0.2, -0.15) is 0 Å². The normalized spacial score (nSPS) is 11.5. The number of carbonyl (C=O) groups excluding carboxylic acids is 1. The molecule has 0 aromatic rings. The summed E-state index contributed by atoms with van der Waals surface area (Å²) in [5, 5.41) is 2.93. The Morgan fingerprint density at radius 3 is 2.27 bits per heavy atom. The van der Waals surface area contributed by atoms with Gasteiger partial charge in [-0.1, -0.05) is 13.8 Å². The van der Waals surface area contributed by atoms with Crippen molar-refractivity contribution >= 4 is 5.91 Å². The molecule has 0 heterocycles. The third kappa shape index (κ3) is 7.37. The van der Waals surface area contributed by atoms with E-state index >= 15 is 0 Å². The summed E-state index contributed by atoms with van der Waals surface area (Å²) in [5.41, 5.74) is 0. The quantitative estimate of drug-likeness (QED) is 0.656. The van der Waals surface area contributed by atoms with E-state index in [4.69, 9.17) is 0 Å². The molecule has 0 atom stereocenters. The Kier molecular flexibility index (Phi) is 7.39. The van der Waals surface area contributed by atoms with Gasteiger partial charge in [-0.05, 0) is 40.3 Å². The lowest BCUT2D eigenvalue weighted by Gasteiger charge is -2.20. The highest BCUT2D eigenvalue weighted by molar-refractivity contribution is 5.77. The molecule has 0 saturated carbocycles. The van der Waals surface area contributed by atoms with Gasteiger partial charge < -0.3 is 10.2 Å². The Morgan fingerprint density at radius 2 is 1.80 bits per heavy atom. The van der Waals surface area contributed by atoms with Gasteiger partial charge in [0.2, 0.25) is 5.91 Å². The van der Waals surface area contributed by atoms with Crippen LogP contribution in [-0.2, 0) is 4.79 Å². The van der Waals surface area contributed by atoms with Crippen LogP contribution >= 0.6 is 0 Å². The van der Waals surface area contributed by atoms with Gasteiger partial charge in [-0.25, -0.2) is 0 Å². The third-order valence-electron chi connectivity index (χ3n) is 2.64. The summed E-state index contributed by atoms with van der Waals surface area (Å²) in [7, 11) is 2.14. The molecule has 3 nitrogen and oxygen atoms in total. The van der Waals surface area contributed by atoms with Crippen LogP contribution < -0.4 is 5.32 Å². The lowest BCUT2D eigenvalue weighted by Crippen LogP contribution is -2.30. The molecule has 0 fully saturated rings. The van der Waals surface area contributed by atoms with E-state index in [-0.39, 0.29) is 11.8 Å². The van der Waals surface area contributed by atoms with Crippen molar-refractivity contribution in [1.29, 1.82) is 0 Å². The average Bonchev–Trinajstić information content (AvgIpc) is 2.16. The molecule has 0 bridgehead atoms. The second-order valence-corrected chi connectivity index (χ2v) is 4.73. The Morgan fingerprint density at radius 1 is 1.20 bits per heavy atom. The minimum Gasteiger partial charge on any atom is -0.356 e. The van der Waals surface area contributed by atoms with Crippen molar-refractivity contribution in [1.82, 2.24) is 10.2 Å². The standard InChI is InChI=1S/C12H26N2O/c1-10(2)12(15)13-8-6-7-9-14(5)11(3)4/h10-11H,6-9H2,1-5H3,(H,13,15). The second-order valence-electron chi connectivity index (χ2n) is 4.73. The zero-order valence-corrected chi connectivity index (χ0v) is 10.8. The van der Waals surface area contributed by atoms with Crippen molar-refractivity contribution in [2.24, 2.45) is 5.92 Å². The molecule has 1 amide bonds. The topological polar surface area (TPSA) is 32.3 Å². The number of carbonyl (C=O) groups is 1. The molecule has 0 rings (SSSR count). The van der Waals surface area contributed by atoms with Crippen LogP contribution in [0, 0.1) is 5.92 Å². The number of hydrogen-bond donors (Lipinski definition) is 1. The molecule has 0 aliphatic rings. The monoisotopic (exact) mass is 214 g/mol. The number of nitrogens with zero attached hydrogens (tertiary/aromatic N) is 1. The van der Waals surface area contributed by atoms with Crippen molar-refractivity contribution in [3.05, 3.63) is 0 Å². The molecule has 0 aromatic carbocycles. The summed E-state index contributed by atoms with van der Waals surface area (Å²) in [5.74, 6) is 0.260. The fourth-order valence-electron chi connectivity index (χ4n) is 1.16. The number of rotatable bonds is 7. The second kappa shape index (κ2) is 7.69. The highest BCUT2D eigenvalue weighted by Crippen LogP contribution is 1.97. The SMILES string of the molecule is CC(C)C(=O)NCCCCN(C)C(C)C. The van der Waals surface area contributed by atoms with Crippen LogP contribution in [0.3, 0.4) is 0 Å². The van der Waals surface area contributed by atoms with E-state index < -0.39 is 0 Å². The fourth-order valence-corrected chi connectivity index (χ4v) is 1.16. The van der Waals surface area contributed by atoms with Crippen molar-refractivity contribution in [2.75, 3.05) is 20.1 Å². The maximum Gasteiger partial charge on any atom is 0.222 e. The zero-order chi connectivity index (χ0) is 11.8. The maximum atomic E-state index is 11.2. The highest BCUT2D eigenvalue weighted by Gasteiger charge is 2.05. The van der Waals surface area contributed by atoms with Crippen molar-refractivity contribution < 1.29 is 4.79 Å². The largest absolute Gasteiger partial charge is 0.356 e. The maximum absolute atomic E-state index is 11.2. The van der Waals surface area contributed by atoms with Crippen LogP contribution in [0.4, 0.5) is 0 Å². The van der Waals surface area contributed by atoms with Gasteiger partial charge in [-0.15, -0.1) is 0 Å². The van der Waals surface area contributed by atoms with Crippen LogP contribution in [0.2, 0.25) is 0 Å². The Labute approximate surface area is 94.2 Å². The van der Waals surface area contributed by atoms with E-state index in [0.717, 1.165) is 25.9 Å². The number of amides is 1. The molecule has 0 spiro atoms. The number of hydrogen-bond acceptors (Lipinski definition) is 2. The van der Waals surface area contributed by atoms with E-state index in [2.05, 4.69) is 31.1 Å². The van der Waals surface area contributed by atoms with Gasteiger partial charge in [0.25, 0.3) is 0 Å². The highest BCUT2D eigenvalue weighted by atomic mass is 16.1. The molecule has 0 unspecified atom stereocenters. The minimum atomic E-state index is 0.100. The van der Waals surface area contributed by atoms with Crippen LogP contribution in [0.1, 0.15) is 40.5 Å². The zero-order valence-electron chi connectivity index (χ0n) is 10.8. The predicted octanol–water partition coefficient (Wildman–Crippen LogP) is 1.88. The molecule has 0 aliphatic heterocycles. The molecular weight excluding hydrogens is 188 g/mol. The molecule has 3 heteroatoms. The van der Waals surface area contributed by atoms with E-state index in [1.165, 1.54) is 0 Å². The number of nitrogens with one attached hydrogen (secondary N) is 1. The van der Waals surface area contributed by atoms with Gasteiger partial charge in [0.1, 0.15) is 0 Å². The van der Waals surface area contributed by atoms with Crippen molar-refractivity contribution in [3.63, 3.8) is 0 Å². The first-order valence-corrected chi connectivity index (χ1v) is 5.93. The first-order chi connectivity index (χ1) is 6.95. The summed E-state index contributed by atoms with van der Waals surface area (Å²) >= 11 is 0. The van der Waals surface area contributed by atoms with Crippen molar-refractivity contribution in [3.8, 4) is 0 Å². The smallest absolute Gasteiger partial charge is 0.222 e. The van der Waals surface area contributed by atoms with E-state index in [1.54, 1.807) is 0 Å². The lowest BCUT2D eigenvalue weighted by molar-refractivity contribution is -0.123. The van der Waals surface area contributed by atoms with E-state index in [1.807, 2.05) is 13.8 Å². The molecule has 0 aromatic heterocycles. The molecule has 90 valence electrons. The summed E-state index contributed by atoms with van der Waals surface area (Å²) in [6.07, 6.45) is 2.21. The van der Waals surface area contributed by atoms with Gasteiger partial charge >= 0.3 is 0 Å².